The average molecular weight is 344 g/mol. The number of hydrogen-bond donors (Lipinski definition) is 0. The van der Waals surface area contributed by atoms with Crippen LogP contribution in [0.1, 0.15) is 16.0 Å². The topological polar surface area (TPSA) is 34.6 Å². The molecule has 2 aromatic rings. The smallest absolute Gasteiger partial charge is 0.427 e. The first-order valence-corrected chi connectivity index (χ1v) is 7.75. The standard InChI is InChI=1S/C15H15F3N2O2S/c1-21-11-5-9-3-4-20(8-10(9)6-12(11)22-2)14-19-7-13(23-14)15(16,17)18/h5-7H,3-4,8H2,1-2H3. The van der Waals surface area contributed by atoms with Gasteiger partial charge in [-0.1, -0.05) is 11.3 Å². The Balaban J connectivity index is 1.86. The number of thiazole rings is 1. The minimum absolute atomic E-state index is 0.387. The monoisotopic (exact) mass is 344 g/mol. The molecule has 23 heavy (non-hydrogen) atoms. The zero-order valence-electron chi connectivity index (χ0n) is 12.6. The van der Waals surface area contributed by atoms with Crippen molar-refractivity contribution in [3.05, 3.63) is 34.3 Å². The third-order valence-electron chi connectivity index (χ3n) is 3.76. The number of benzene rings is 1. The van der Waals surface area contributed by atoms with E-state index in [4.69, 9.17) is 9.47 Å². The van der Waals surface area contributed by atoms with Crippen LogP contribution in [0.3, 0.4) is 0 Å². The third-order valence-corrected chi connectivity index (χ3v) is 4.86. The molecule has 0 atom stereocenters. The van der Waals surface area contributed by atoms with Crippen LogP contribution in [0.5, 0.6) is 11.5 Å². The Hall–Kier alpha value is -1.96. The highest BCUT2D eigenvalue weighted by molar-refractivity contribution is 7.15. The number of hydrogen-bond acceptors (Lipinski definition) is 5. The molecule has 124 valence electrons. The number of aromatic nitrogens is 1. The third kappa shape index (κ3) is 3.08. The number of alkyl halides is 3. The minimum atomic E-state index is -4.35. The van der Waals surface area contributed by atoms with Gasteiger partial charge in [-0.25, -0.2) is 4.98 Å². The molecular weight excluding hydrogens is 329 g/mol. The van der Waals surface area contributed by atoms with Crippen LogP contribution in [0.15, 0.2) is 18.3 Å². The molecule has 0 spiro atoms. The fraction of sp³-hybridized carbons (Fsp3) is 0.400. The second-order valence-corrected chi connectivity index (χ2v) is 6.16. The van der Waals surface area contributed by atoms with Crippen LogP contribution in [0.2, 0.25) is 0 Å². The van der Waals surface area contributed by atoms with Crippen molar-refractivity contribution in [3.63, 3.8) is 0 Å². The van der Waals surface area contributed by atoms with Crippen molar-refractivity contribution in [1.29, 1.82) is 0 Å². The van der Waals surface area contributed by atoms with Crippen molar-refractivity contribution < 1.29 is 22.6 Å². The molecule has 0 N–H and O–H groups in total. The SMILES string of the molecule is COc1cc2c(cc1OC)CN(c1ncc(C(F)(F)F)s1)CC2. The van der Waals surface area contributed by atoms with Crippen LogP contribution < -0.4 is 14.4 Å². The summed E-state index contributed by atoms with van der Waals surface area (Å²) in [6, 6.07) is 3.80. The molecule has 0 amide bonds. The van der Waals surface area contributed by atoms with Gasteiger partial charge in [0.2, 0.25) is 0 Å². The van der Waals surface area contributed by atoms with Gasteiger partial charge < -0.3 is 14.4 Å². The minimum Gasteiger partial charge on any atom is -0.493 e. The van der Waals surface area contributed by atoms with E-state index >= 15 is 0 Å². The van der Waals surface area contributed by atoms with E-state index in [0.29, 0.717) is 41.1 Å². The molecule has 1 aliphatic heterocycles. The van der Waals surface area contributed by atoms with Gasteiger partial charge in [-0.05, 0) is 29.7 Å². The first kappa shape index (κ1) is 15.9. The molecule has 4 nitrogen and oxygen atoms in total. The van der Waals surface area contributed by atoms with Gasteiger partial charge in [0, 0.05) is 13.1 Å². The van der Waals surface area contributed by atoms with Crippen molar-refractivity contribution in [2.45, 2.75) is 19.1 Å². The van der Waals surface area contributed by atoms with Crippen LogP contribution in [0.4, 0.5) is 18.3 Å². The molecule has 0 aliphatic carbocycles. The maximum Gasteiger partial charge on any atom is 0.427 e. The molecular formula is C15H15F3N2O2S. The first-order valence-electron chi connectivity index (χ1n) is 6.94. The highest BCUT2D eigenvalue weighted by atomic mass is 32.1. The van der Waals surface area contributed by atoms with Crippen molar-refractivity contribution in [1.82, 2.24) is 4.98 Å². The zero-order valence-corrected chi connectivity index (χ0v) is 13.4. The molecule has 1 aliphatic rings. The number of methoxy groups -OCH3 is 2. The zero-order chi connectivity index (χ0) is 16.6. The quantitative estimate of drug-likeness (QED) is 0.850. The van der Waals surface area contributed by atoms with E-state index in [1.807, 2.05) is 17.0 Å². The molecule has 8 heteroatoms. The molecule has 0 saturated carbocycles. The van der Waals surface area contributed by atoms with Crippen molar-refractivity contribution in [2.24, 2.45) is 0 Å². The lowest BCUT2D eigenvalue weighted by Crippen LogP contribution is -2.30. The number of anilines is 1. The summed E-state index contributed by atoms with van der Waals surface area (Å²) in [5.41, 5.74) is 2.13. The van der Waals surface area contributed by atoms with Crippen LogP contribution >= 0.6 is 11.3 Å². The summed E-state index contributed by atoms with van der Waals surface area (Å²) < 4.78 is 48.7. The fourth-order valence-corrected chi connectivity index (χ4v) is 3.40. The summed E-state index contributed by atoms with van der Waals surface area (Å²) in [6.07, 6.45) is -2.74. The van der Waals surface area contributed by atoms with Gasteiger partial charge in [-0.15, -0.1) is 0 Å². The predicted octanol–water partition coefficient (Wildman–Crippen LogP) is 3.74. The Morgan fingerprint density at radius 2 is 1.78 bits per heavy atom. The van der Waals surface area contributed by atoms with E-state index < -0.39 is 11.1 Å². The summed E-state index contributed by atoms with van der Waals surface area (Å²) in [4.78, 5) is 5.10. The van der Waals surface area contributed by atoms with Gasteiger partial charge in [-0.3, -0.25) is 0 Å². The van der Waals surface area contributed by atoms with Crippen LogP contribution in [-0.2, 0) is 19.1 Å². The molecule has 1 aromatic carbocycles. The molecule has 0 unspecified atom stereocenters. The van der Waals surface area contributed by atoms with Crippen LogP contribution in [0.25, 0.3) is 0 Å². The van der Waals surface area contributed by atoms with Gasteiger partial charge in [-0.2, -0.15) is 13.2 Å². The van der Waals surface area contributed by atoms with Gasteiger partial charge in [0.05, 0.1) is 20.4 Å². The van der Waals surface area contributed by atoms with E-state index in [0.717, 1.165) is 23.7 Å². The summed E-state index contributed by atoms with van der Waals surface area (Å²) in [7, 11) is 3.13. The summed E-state index contributed by atoms with van der Waals surface area (Å²) in [5.74, 6) is 1.27. The lowest BCUT2D eigenvalue weighted by Gasteiger charge is -2.29. The van der Waals surface area contributed by atoms with E-state index in [1.54, 1.807) is 14.2 Å². The van der Waals surface area contributed by atoms with Crippen molar-refractivity contribution in [2.75, 3.05) is 25.7 Å². The Bertz CT molecular complexity index is 715. The molecule has 0 bridgehead atoms. The predicted molar refractivity (Wildman–Crippen MR) is 81.4 cm³/mol. The molecule has 0 fully saturated rings. The number of fused-ring (bicyclic) bond motifs is 1. The van der Waals surface area contributed by atoms with Crippen LogP contribution in [-0.4, -0.2) is 25.7 Å². The van der Waals surface area contributed by atoms with Crippen molar-refractivity contribution >= 4 is 16.5 Å². The maximum absolute atomic E-state index is 12.7. The number of ether oxygens (including phenoxy) is 2. The van der Waals surface area contributed by atoms with Gasteiger partial charge >= 0.3 is 6.18 Å². The fourth-order valence-electron chi connectivity index (χ4n) is 2.59. The van der Waals surface area contributed by atoms with E-state index in [1.165, 1.54) is 0 Å². The highest BCUT2D eigenvalue weighted by Gasteiger charge is 2.34. The normalized spacial score (nSPS) is 14.6. The van der Waals surface area contributed by atoms with Gasteiger partial charge in [0.1, 0.15) is 4.88 Å². The maximum atomic E-state index is 12.7. The lowest BCUT2D eigenvalue weighted by molar-refractivity contribution is -0.134. The Morgan fingerprint density at radius 1 is 1.13 bits per heavy atom. The Labute approximate surface area is 135 Å². The Morgan fingerprint density at radius 3 is 2.35 bits per heavy atom. The van der Waals surface area contributed by atoms with E-state index in [2.05, 4.69) is 4.98 Å². The Kier molecular flexibility index (Phi) is 4.09. The van der Waals surface area contributed by atoms with E-state index in [-0.39, 0.29) is 0 Å². The number of nitrogens with zero attached hydrogens (tertiary/aromatic N) is 2. The van der Waals surface area contributed by atoms with Gasteiger partial charge in [0.25, 0.3) is 0 Å². The largest absolute Gasteiger partial charge is 0.493 e. The second-order valence-electron chi connectivity index (χ2n) is 5.15. The summed E-state index contributed by atoms with van der Waals surface area (Å²) >= 11 is 0.672. The second kappa shape index (κ2) is 5.92. The first-order chi connectivity index (χ1) is 10.9. The molecule has 0 radical (unpaired) electrons. The summed E-state index contributed by atoms with van der Waals surface area (Å²) in [6.45, 7) is 1.12. The highest BCUT2D eigenvalue weighted by Crippen LogP contribution is 2.39. The van der Waals surface area contributed by atoms with Crippen LogP contribution in [0, 0.1) is 0 Å². The summed E-state index contributed by atoms with van der Waals surface area (Å²) in [5, 5.41) is 0.387. The average Bonchev–Trinajstić information content (AvgIpc) is 3.03. The van der Waals surface area contributed by atoms with E-state index in [9.17, 15) is 13.2 Å². The molecule has 2 heterocycles. The molecule has 1 aromatic heterocycles. The molecule has 3 rings (SSSR count). The number of halogens is 3. The van der Waals surface area contributed by atoms with Gasteiger partial charge in [0.15, 0.2) is 16.6 Å². The lowest BCUT2D eigenvalue weighted by atomic mass is 9.99. The number of rotatable bonds is 3. The van der Waals surface area contributed by atoms with Crippen molar-refractivity contribution in [3.8, 4) is 11.5 Å². The molecule has 0 saturated heterocycles.